The van der Waals surface area contributed by atoms with Crippen LogP contribution < -0.4 is 10.5 Å². The van der Waals surface area contributed by atoms with Crippen molar-refractivity contribution in [3.05, 3.63) is 31.9 Å². The molecule has 0 aromatic carbocycles. The van der Waals surface area contributed by atoms with Crippen molar-refractivity contribution in [2.24, 2.45) is 13.0 Å². The van der Waals surface area contributed by atoms with Crippen molar-refractivity contribution >= 4 is 46.1 Å². The van der Waals surface area contributed by atoms with E-state index in [2.05, 4.69) is 18.7 Å². The van der Waals surface area contributed by atoms with Crippen LogP contribution in [0.15, 0.2) is 9.70 Å². The lowest BCUT2D eigenvalue weighted by Gasteiger charge is -2.32. The molecule has 1 aromatic heterocycles. The van der Waals surface area contributed by atoms with Crippen molar-refractivity contribution in [2.75, 3.05) is 37.7 Å². The van der Waals surface area contributed by atoms with Crippen molar-refractivity contribution in [1.82, 2.24) is 9.47 Å². The largest absolute Gasteiger partial charge is 0.378 e. The van der Waals surface area contributed by atoms with E-state index in [-0.39, 0.29) is 17.0 Å². The first-order valence-corrected chi connectivity index (χ1v) is 12.8. The summed E-state index contributed by atoms with van der Waals surface area (Å²) in [5, 5.41) is 9.62. The Hall–Kier alpha value is -2.15. The van der Waals surface area contributed by atoms with Crippen LogP contribution in [0.3, 0.4) is 0 Å². The van der Waals surface area contributed by atoms with E-state index in [0.29, 0.717) is 64.9 Å². The van der Waals surface area contributed by atoms with Crippen LogP contribution in [0.5, 0.6) is 0 Å². The Morgan fingerprint density at radius 2 is 1.97 bits per heavy atom. The van der Waals surface area contributed by atoms with Crippen LogP contribution in [0.2, 0.25) is 0 Å². The second-order valence-corrected chi connectivity index (χ2v) is 10.2. The summed E-state index contributed by atoms with van der Waals surface area (Å²) in [6.07, 6.45) is 6.16. The van der Waals surface area contributed by atoms with Gasteiger partial charge in [-0.1, -0.05) is 57.1 Å². The smallest absolute Gasteiger partial charge is 0.270 e. The number of morpholine rings is 1. The first-order valence-electron chi connectivity index (χ1n) is 11.6. The summed E-state index contributed by atoms with van der Waals surface area (Å²) >= 11 is 6.86. The molecule has 1 unspecified atom stereocenters. The Bertz CT molecular complexity index is 1050. The van der Waals surface area contributed by atoms with Gasteiger partial charge in [0.15, 0.2) is 0 Å². The standard InChI is InChI=1S/C24H32N4O3S2/c1-5-7-8-17(6-2)15-28-23(30)20(33-24(28)32)13-18-16(3)19(14-25)22(29)26(4)21(18)27-9-11-31-12-10-27/h13,17H,5-12,15H2,1-4H3/b20-13+. The van der Waals surface area contributed by atoms with Gasteiger partial charge < -0.3 is 9.64 Å². The molecule has 7 nitrogen and oxygen atoms in total. The summed E-state index contributed by atoms with van der Waals surface area (Å²) in [6.45, 7) is 9.12. The molecule has 1 aromatic rings. The lowest BCUT2D eigenvalue weighted by atomic mass is 9.99. The van der Waals surface area contributed by atoms with Gasteiger partial charge in [0.25, 0.3) is 11.5 Å². The van der Waals surface area contributed by atoms with Crippen molar-refractivity contribution < 1.29 is 9.53 Å². The fourth-order valence-corrected chi connectivity index (χ4v) is 5.59. The zero-order chi connectivity index (χ0) is 24.1. The molecule has 0 N–H and O–H groups in total. The van der Waals surface area contributed by atoms with Gasteiger partial charge >= 0.3 is 0 Å². The molecule has 0 radical (unpaired) electrons. The molecule has 2 aliphatic heterocycles. The van der Waals surface area contributed by atoms with E-state index in [1.54, 1.807) is 18.9 Å². The second kappa shape index (κ2) is 11.3. The van der Waals surface area contributed by atoms with Crippen LogP contribution in [0, 0.1) is 24.2 Å². The Morgan fingerprint density at radius 1 is 1.27 bits per heavy atom. The minimum absolute atomic E-state index is 0.0976. The molecule has 3 rings (SSSR count). The maximum atomic E-state index is 13.3. The van der Waals surface area contributed by atoms with Crippen LogP contribution >= 0.6 is 24.0 Å². The first-order chi connectivity index (χ1) is 15.8. The normalized spacial score (nSPS) is 18.8. The summed E-state index contributed by atoms with van der Waals surface area (Å²) in [4.78, 5) is 30.5. The second-order valence-electron chi connectivity index (χ2n) is 8.52. The number of rotatable bonds is 8. The van der Waals surface area contributed by atoms with Crippen LogP contribution in [-0.4, -0.2) is 52.5 Å². The quantitative estimate of drug-likeness (QED) is 0.407. The van der Waals surface area contributed by atoms with E-state index >= 15 is 0 Å². The van der Waals surface area contributed by atoms with Crippen LogP contribution in [0.25, 0.3) is 6.08 Å². The third-order valence-corrected chi connectivity index (χ3v) is 7.79. The van der Waals surface area contributed by atoms with Crippen LogP contribution in [0.1, 0.15) is 56.2 Å². The topological polar surface area (TPSA) is 78.6 Å². The highest BCUT2D eigenvalue weighted by Crippen LogP contribution is 2.36. The third kappa shape index (κ3) is 5.34. The van der Waals surface area contributed by atoms with E-state index in [0.717, 1.165) is 25.7 Å². The number of aromatic nitrogens is 1. The number of carbonyl (C=O) groups excluding carboxylic acids is 1. The number of thioether (sulfide) groups is 1. The molecule has 1 amide bonds. The van der Waals surface area contributed by atoms with Crippen molar-refractivity contribution in [2.45, 2.75) is 46.5 Å². The van der Waals surface area contributed by atoms with Crippen molar-refractivity contribution in [1.29, 1.82) is 5.26 Å². The molecule has 2 saturated heterocycles. The highest BCUT2D eigenvalue weighted by atomic mass is 32.2. The number of amides is 1. The molecule has 0 aliphatic carbocycles. The monoisotopic (exact) mass is 488 g/mol. The van der Waals surface area contributed by atoms with Gasteiger partial charge in [0, 0.05) is 32.2 Å². The zero-order valence-electron chi connectivity index (χ0n) is 19.8. The van der Waals surface area contributed by atoms with E-state index in [1.807, 2.05) is 12.1 Å². The Balaban J connectivity index is 2.02. The highest BCUT2D eigenvalue weighted by Gasteiger charge is 2.34. The van der Waals surface area contributed by atoms with Gasteiger partial charge in [0.05, 0.1) is 18.1 Å². The van der Waals surface area contributed by atoms with Gasteiger partial charge in [-0.2, -0.15) is 5.26 Å². The summed E-state index contributed by atoms with van der Waals surface area (Å²) < 4.78 is 7.56. The molecule has 0 saturated carbocycles. The average Bonchev–Trinajstić information content (AvgIpc) is 3.08. The zero-order valence-corrected chi connectivity index (χ0v) is 21.5. The fourth-order valence-electron chi connectivity index (χ4n) is 4.33. The SMILES string of the molecule is CCCCC(CC)CN1C(=O)/C(=C\c2c(C)c(C#N)c(=O)n(C)c2N2CCOCC2)SC1=S. The number of thiocarbonyl (C=S) groups is 1. The van der Waals surface area contributed by atoms with Gasteiger partial charge in [-0.25, -0.2) is 0 Å². The van der Waals surface area contributed by atoms with E-state index in [4.69, 9.17) is 17.0 Å². The number of nitriles is 1. The van der Waals surface area contributed by atoms with Crippen LogP contribution in [-0.2, 0) is 16.6 Å². The molecule has 1 atom stereocenters. The molecule has 0 spiro atoms. The minimum atomic E-state index is -0.331. The fraction of sp³-hybridized carbons (Fsp3) is 0.583. The predicted molar refractivity (Wildman–Crippen MR) is 137 cm³/mol. The van der Waals surface area contributed by atoms with Gasteiger partial charge in [0.1, 0.15) is 21.8 Å². The maximum Gasteiger partial charge on any atom is 0.270 e. The van der Waals surface area contributed by atoms with Gasteiger partial charge in [-0.05, 0) is 30.9 Å². The minimum Gasteiger partial charge on any atom is -0.378 e. The molecule has 3 heterocycles. The van der Waals surface area contributed by atoms with Gasteiger partial charge in [0.2, 0.25) is 0 Å². The Labute approximate surface area is 205 Å². The summed E-state index contributed by atoms with van der Waals surface area (Å²) in [6, 6.07) is 2.05. The van der Waals surface area contributed by atoms with Crippen LogP contribution in [0.4, 0.5) is 5.82 Å². The Morgan fingerprint density at radius 3 is 2.58 bits per heavy atom. The number of ether oxygens (including phenoxy) is 1. The number of hydrogen-bond acceptors (Lipinski definition) is 7. The maximum absolute atomic E-state index is 13.3. The molecule has 178 valence electrons. The number of carbonyl (C=O) groups is 1. The van der Waals surface area contributed by atoms with E-state index < -0.39 is 0 Å². The summed E-state index contributed by atoms with van der Waals surface area (Å²) in [5.74, 6) is 1.03. The number of hydrogen-bond donors (Lipinski definition) is 0. The molecule has 2 fully saturated rings. The lowest BCUT2D eigenvalue weighted by Crippen LogP contribution is -2.40. The van der Waals surface area contributed by atoms with Gasteiger partial charge in [-0.15, -0.1) is 0 Å². The molecular formula is C24H32N4O3S2. The van der Waals surface area contributed by atoms with E-state index in [9.17, 15) is 14.9 Å². The third-order valence-electron chi connectivity index (χ3n) is 6.41. The molecular weight excluding hydrogens is 456 g/mol. The van der Waals surface area contributed by atoms with Gasteiger partial charge in [-0.3, -0.25) is 19.1 Å². The van der Waals surface area contributed by atoms with Crippen molar-refractivity contribution in [3.8, 4) is 6.07 Å². The lowest BCUT2D eigenvalue weighted by molar-refractivity contribution is -0.122. The first kappa shape index (κ1) is 25.5. The number of nitrogens with zero attached hydrogens (tertiary/aromatic N) is 4. The predicted octanol–water partition coefficient (Wildman–Crippen LogP) is 3.82. The molecule has 9 heteroatoms. The summed E-state index contributed by atoms with van der Waals surface area (Å²) in [7, 11) is 1.68. The number of pyridine rings is 1. The number of unbranched alkanes of at least 4 members (excludes halogenated alkanes) is 1. The van der Waals surface area contributed by atoms with E-state index in [1.165, 1.54) is 16.3 Å². The Kier molecular flexibility index (Phi) is 8.74. The molecule has 0 bridgehead atoms. The molecule has 33 heavy (non-hydrogen) atoms. The highest BCUT2D eigenvalue weighted by molar-refractivity contribution is 8.26. The average molecular weight is 489 g/mol. The summed E-state index contributed by atoms with van der Waals surface area (Å²) in [5.41, 5.74) is 1.07. The number of anilines is 1. The van der Waals surface area contributed by atoms with Crippen molar-refractivity contribution in [3.63, 3.8) is 0 Å². The molecule has 2 aliphatic rings.